The van der Waals surface area contributed by atoms with Crippen molar-refractivity contribution in [3.63, 3.8) is 0 Å². The smallest absolute Gasteiger partial charge is 0.311 e. The Morgan fingerprint density at radius 3 is 2.58 bits per heavy atom. The number of amides is 1. The number of nitrogens with one attached hydrogen (secondary N) is 1. The lowest BCUT2D eigenvalue weighted by molar-refractivity contribution is -0.148. The molecule has 1 atom stereocenters. The van der Waals surface area contributed by atoms with Crippen LogP contribution in [0, 0.1) is 5.41 Å². The summed E-state index contributed by atoms with van der Waals surface area (Å²) >= 11 is 0. The first-order valence-corrected chi connectivity index (χ1v) is 7.32. The number of rotatable bonds is 5. The van der Waals surface area contributed by atoms with Crippen molar-refractivity contribution < 1.29 is 14.7 Å². The molecule has 1 aliphatic heterocycles. The Morgan fingerprint density at radius 1 is 1.37 bits per heavy atom. The molecule has 108 valence electrons. The minimum Gasteiger partial charge on any atom is -0.481 e. The Kier molecular flexibility index (Phi) is 4.45. The summed E-state index contributed by atoms with van der Waals surface area (Å²) < 4.78 is 0. The van der Waals surface area contributed by atoms with Gasteiger partial charge >= 0.3 is 5.97 Å². The molecule has 1 heterocycles. The van der Waals surface area contributed by atoms with Crippen LogP contribution in [-0.4, -0.2) is 47.6 Å². The van der Waals surface area contributed by atoms with Crippen molar-refractivity contribution in [3.8, 4) is 0 Å². The van der Waals surface area contributed by atoms with Crippen LogP contribution in [0.5, 0.6) is 0 Å². The van der Waals surface area contributed by atoms with Crippen LogP contribution < -0.4 is 5.32 Å². The molecule has 2 fully saturated rings. The zero-order valence-electron chi connectivity index (χ0n) is 11.7. The number of hydrogen-bond donors (Lipinski definition) is 2. The minimum absolute atomic E-state index is 0.0449. The summed E-state index contributed by atoms with van der Waals surface area (Å²) in [5, 5.41) is 12.6. The fraction of sp³-hybridized carbons (Fsp3) is 0.857. The molecule has 1 saturated carbocycles. The molecule has 2 rings (SSSR count). The fourth-order valence-corrected chi connectivity index (χ4v) is 3.17. The lowest BCUT2D eigenvalue weighted by atomic mass is 9.84. The second-order valence-electron chi connectivity index (χ2n) is 5.87. The van der Waals surface area contributed by atoms with Crippen molar-refractivity contribution >= 4 is 11.9 Å². The third-order valence-electron chi connectivity index (χ3n) is 4.73. The summed E-state index contributed by atoms with van der Waals surface area (Å²) in [6.07, 6.45) is 5.96. The summed E-state index contributed by atoms with van der Waals surface area (Å²) in [5.41, 5.74) is -0.719. The molecule has 2 aliphatic rings. The van der Waals surface area contributed by atoms with Gasteiger partial charge in [-0.05, 0) is 25.7 Å². The zero-order valence-corrected chi connectivity index (χ0v) is 11.7. The summed E-state index contributed by atoms with van der Waals surface area (Å²) in [7, 11) is 0. The van der Waals surface area contributed by atoms with Gasteiger partial charge in [0.1, 0.15) is 0 Å². The molecule has 0 aromatic rings. The van der Waals surface area contributed by atoms with Crippen LogP contribution in [-0.2, 0) is 9.59 Å². The quantitative estimate of drug-likeness (QED) is 0.787. The summed E-state index contributed by atoms with van der Waals surface area (Å²) in [6.45, 7) is 3.18. The molecule has 0 bridgehead atoms. The summed E-state index contributed by atoms with van der Waals surface area (Å²) in [5.74, 6) is -0.725. The molecule has 0 spiro atoms. The van der Waals surface area contributed by atoms with Gasteiger partial charge in [-0.25, -0.2) is 0 Å². The van der Waals surface area contributed by atoms with Crippen molar-refractivity contribution in [1.29, 1.82) is 0 Å². The predicted molar refractivity (Wildman–Crippen MR) is 71.8 cm³/mol. The van der Waals surface area contributed by atoms with Crippen molar-refractivity contribution in [1.82, 2.24) is 10.2 Å². The molecule has 19 heavy (non-hydrogen) atoms. The molecule has 5 heteroatoms. The van der Waals surface area contributed by atoms with Crippen LogP contribution in [0.25, 0.3) is 0 Å². The largest absolute Gasteiger partial charge is 0.481 e. The molecule has 2 N–H and O–H groups in total. The first kappa shape index (κ1) is 14.3. The van der Waals surface area contributed by atoms with Gasteiger partial charge in [0.2, 0.25) is 5.91 Å². The SMILES string of the molecule is CCC1(C(=O)O)CCN(C(=O)CNC2CCCC2)C1. The number of likely N-dealkylation sites (tertiary alicyclic amines) is 1. The van der Waals surface area contributed by atoms with Gasteiger partial charge in [0.25, 0.3) is 0 Å². The molecule has 1 aliphatic carbocycles. The monoisotopic (exact) mass is 268 g/mol. The molecule has 0 aromatic heterocycles. The number of carboxylic acid groups (broad SMARTS) is 1. The maximum Gasteiger partial charge on any atom is 0.311 e. The van der Waals surface area contributed by atoms with Gasteiger partial charge in [0.05, 0.1) is 12.0 Å². The highest BCUT2D eigenvalue weighted by atomic mass is 16.4. The molecule has 0 aromatic carbocycles. The lowest BCUT2D eigenvalue weighted by Gasteiger charge is -2.23. The lowest BCUT2D eigenvalue weighted by Crippen LogP contribution is -2.42. The normalized spacial score (nSPS) is 27.9. The topological polar surface area (TPSA) is 69.6 Å². The molecular formula is C14H24N2O3. The summed E-state index contributed by atoms with van der Waals surface area (Å²) in [6, 6.07) is 0.474. The van der Waals surface area contributed by atoms with Crippen LogP contribution in [0.3, 0.4) is 0 Å². The number of hydrogen-bond acceptors (Lipinski definition) is 3. The van der Waals surface area contributed by atoms with Crippen molar-refractivity contribution in [2.24, 2.45) is 5.41 Å². The Hall–Kier alpha value is -1.10. The Labute approximate surface area is 114 Å². The van der Waals surface area contributed by atoms with E-state index in [9.17, 15) is 14.7 Å². The van der Waals surface area contributed by atoms with Crippen molar-refractivity contribution in [2.75, 3.05) is 19.6 Å². The average Bonchev–Trinajstić information content (AvgIpc) is 3.05. The van der Waals surface area contributed by atoms with E-state index >= 15 is 0 Å². The van der Waals surface area contributed by atoms with Gasteiger partial charge in [-0.15, -0.1) is 0 Å². The number of carbonyl (C=O) groups is 2. The van der Waals surface area contributed by atoms with Crippen LogP contribution in [0.15, 0.2) is 0 Å². The standard InChI is InChI=1S/C14H24N2O3/c1-2-14(13(18)19)7-8-16(10-14)12(17)9-15-11-5-3-4-6-11/h11,15H,2-10H2,1H3,(H,18,19). The Morgan fingerprint density at radius 2 is 2.05 bits per heavy atom. The summed E-state index contributed by atoms with van der Waals surface area (Å²) in [4.78, 5) is 25.1. The van der Waals surface area contributed by atoms with Crippen LogP contribution >= 0.6 is 0 Å². The highest BCUT2D eigenvalue weighted by Crippen LogP contribution is 2.34. The maximum atomic E-state index is 12.1. The molecule has 5 nitrogen and oxygen atoms in total. The van der Waals surface area contributed by atoms with E-state index in [1.54, 1.807) is 4.90 Å². The van der Waals surface area contributed by atoms with E-state index in [2.05, 4.69) is 5.32 Å². The highest BCUT2D eigenvalue weighted by Gasteiger charge is 2.44. The number of nitrogens with zero attached hydrogens (tertiary/aromatic N) is 1. The molecule has 1 unspecified atom stereocenters. The Bertz CT molecular complexity index is 353. The third kappa shape index (κ3) is 3.08. The van der Waals surface area contributed by atoms with Gasteiger partial charge in [-0.2, -0.15) is 0 Å². The second-order valence-corrected chi connectivity index (χ2v) is 5.87. The number of aliphatic carboxylic acids is 1. The molecule has 1 saturated heterocycles. The van der Waals surface area contributed by atoms with E-state index in [-0.39, 0.29) is 5.91 Å². The van der Waals surface area contributed by atoms with Gasteiger partial charge in [-0.3, -0.25) is 9.59 Å². The van der Waals surface area contributed by atoms with Crippen LogP contribution in [0.4, 0.5) is 0 Å². The van der Waals surface area contributed by atoms with Gasteiger partial charge in [-0.1, -0.05) is 19.8 Å². The first-order valence-electron chi connectivity index (χ1n) is 7.32. The van der Waals surface area contributed by atoms with Gasteiger partial charge in [0.15, 0.2) is 0 Å². The third-order valence-corrected chi connectivity index (χ3v) is 4.73. The number of carbonyl (C=O) groups excluding carboxylic acids is 1. The van der Waals surface area contributed by atoms with Gasteiger partial charge in [0, 0.05) is 19.1 Å². The van der Waals surface area contributed by atoms with E-state index < -0.39 is 11.4 Å². The van der Waals surface area contributed by atoms with E-state index in [0.29, 0.717) is 38.5 Å². The molecule has 0 radical (unpaired) electrons. The van der Waals surface area contributed by atoms with Crippen LogP contribution in [0.2, 0.25) is 0 Å². The van der Waals surface area contributed by atoms with Crippen molar-refractivity contribution in [3.05, 3.63) is 0 Å². The van der Waals surface area contributed by atoms with E-state index in [0.717, 1.165) is 12.8 Å². The average molecular weight is 268 g/mol. The minimum atomic E-state index is -0.769. The van der Waals surface area contributed by atoms with Gasteiger partial charge < -0.3 is 15.3 Å². The van der Waals surface area contributed by atoms with E-state index in [1.807, 2.05) is 6.92 Å². The fourth-order valence-electron chi connectivity index (χ4n) is 3.17. The van der Waals surface area contributed by atoms with Crippen molar-refractivity contribution in [2.45, 2.75) is 51.5 Å². The molecular weight excluding hydrogens is 244 g/mol. The first-order chi connectivity index (χ1) is 9.07. The predicted octanol–water partition coefficient (Wildman–Crippen LogP) is 1.23. The Balaban J connectivity index is 1.82. The number of carboxylic acids is 1. The van der Waals surface area contributed by atoms with Crippen LogP contribution in [0.1, 0.15) is 45.4 Å². The second kappa shape index (κ2) is 5.90. The van der Waals surface area contributed by atoms with E-state index in [4.69, 9.17) is 0 Å². The van der Waals surface area contributed by atoms with E-state index in [1.165, 1.54) is 12.8 Å². The maximum absolute atomic E-state index is 12.1. The molecule has 1 amide bonds. The highest BCUT2D eigenvalue weighted by molar-refractivity contribution is 5.81. The zero-order chi connectivity index (χ0) is 13.9.